The van der Waals surface area contributed by atoms with Gasteiger partial charge in [0.25, 0.3) is 0 Å². The largest absolute Gasteiger partial charge is 0.362 e. The number of nitrogens with zero attached hydrogens (tertiary/aromatic N) is 3. The van der Waals surface area contributed by atoms with Crippen molar-refractivity contribution in [3.05, 3.63) is 41.2 Å². The summed E-state index contributed by atoms with van der Waals surface area (Å²) in [6, 6.07) is 2.40. The van der Waals surface area contributed by atoms with Crippen LogP contribution in [0.15, 0.2) is 18.5 Å². The Bertz CT molecular complexity index is 685. The maximum Gasteiger partial charge on any atom is 0.178 e. The quantitative estimate of drug-likeness (QED) is 0.863. The van der Waals surface area contributed by atoms with Crippen LogP contribution in [-0.2, 0) is 6.42 Å². The lowest BCUT2D eigenvalue weighted by atomic mass is 10.0. The smallest absolute Gasteiger partial charge is 0.178 e. The maximum absolute atomic E-state index is 12.6. The molecular formula is C18H26N4O. The third-order valence-corrected chi connectivity index (χ3v) is 4.76. The van der Waals surface area contributed by atoms with Gasteiger partial charge in [0.1, 0.15) is 5.82 Å². The van der Waals surface area contributed by atoms with E-state index >= 15 is 0 Å². The van der Waals surface area contributed by atoms with E-state index in [-0.39, 0.29) is 5.78 Å². The first-order valence-electron chi connectivity index (χ1n) is 8.52. The van der Waals surface area contributed by atoms with E-state index in [0.29, 0.717) is 12.6 Å². The van der Waals surface area contributed by atoms with Crippen LogP contribution in [0.2, 0.25) is 0 Å². The third kappa shape index (κ3) is 3.39. The number of imidazole rings is 1. The van der Waals surface area contributed by atoms with Crippen LogP contribution in [-0.4, -0.2) is 44.9 Å². The molecule has 1 atom stereocenters. The van der Waals surface area contributed by atoms with Crippen LogP contribution in [0.5, 0.6) is 0 Å². The fourth-order valence-electron chi connectivity index (χ4n) is 3.65. The first-order valence-corrected chi connectivity index (χ1v) is 8.52. The molecule has 3 rings (SSSR count). The van der Waals surface area contributed by atoms with Crippen molar-refractivity contribution >= 4 is 5.78 Å². The van der Waals surface area contributed by atoms with E-state index < -0.39 is 0 Å². The Balaban J connectivity index is 1.67. The molecule has 1 fully saturated rings. The summed E-state index contributed by atoms with van der Waals surface area (Å²) in [6.07, 6.45) is 7.20. The topological polar surface area (TPSA) is 53.9 Å². The summed E-state index contributed by atoms with van der Waals surface area (Å²) in [4.78, 5) is 22.5. The fourth-order valence-corrected chi connectivity index (χ4v) is 3.65. The number of aromatic nitrogens is 3. The van der Waals surface area contributed by atoms with Crippen molar-refractivity contribution in [3.8, 4) is 0 Å². The summed E-state index contributed by atoms with van der Waals surface area (Å²) >= 11 is 0. The lowest BCUT2D eigenvalue weighted by Crippen LogP contribution is -2.40. The second kappa shape index (κ2) is 6.71. The predicted octanol–water partition coefficient (Wildman–Crippen LogP) is 2.91. The van der Waals surface area contributed by atoms with Gasteiger partial charge in [-0.2, -0.15) is 0 Å². The van der Waals surface area contributed by atoms with Crippen molar-refractivity contribution in [1.82, 2.24) is 19.4 Å². The average molecular weight is 314 g/mol. The number of likely N-dealkylation sites (tertiary alicyclic amines) is 1. The van der Waals surface area contributed by atoms with E-state index in [2.05, 4.69) is 32.6 Å². The number of hydrogen-bond acceptors (Lipinski definition) is 3. The zero-order valence-electron chi connectivity index (χ0n) is 14.3. The van der Waals surface area contributed by atoms with E-state index in [9.17, 15) is 4.79 Å². The van der Waals surface area contributed by atoms with E-state index in [1.54, 1.807) is 0 Å². The van der Waals surface area contributed by atoms with Crippen molar-refractivity contribution in [1.29, 1.82) is 0 Å². The number of aryl methyl sites for hydroxylation is 3. The maximum atomic E-state index is 12.6. The Labute approximate surface area is 137 Å². The van der Waals surface area contributed by atoms with Crippen molar-refractivity contribution in [2.45, 2.75) is 46.1 Å². The van der Waals surface area contributed by atoms with Crippen molar-refractivity contribution in [2.24, 2.45) is 0 Å². The lowest BCUT2D eigenvalue weighted by Gasteiger charge is -2.33. The van der Waals surface area contributed by atoms with E-state index in [4.69, 9.17) is 0 Å². The number of nitrogens with one attached hydrogen (secondary N) is 1. The molecule has 1 N–H and O–H groups in total. The van der Waals surface area contributed by atoms with Crippen LogP contribution < -0.4 is 0 Å². The molecule has 0 radical (unpaired) electrons. The first kappa shape index (κ1) is 16.0. The minimum absolute atomic E-state index is 0.217. The lowest BCUT2D eigenvalue weighted by molar-refractivity contribution is 0.0888. The van der Waals surface area contributed by atoms with Crippen molar-refractivity contribution in [2.75, 3.05) is 19.6 Å². The molecule has 0 amide bonds. The summed E-state index contributed by atoms with van der Waals surface area (Å²) in [5, 5.41) is 0. The van der Waals surface area contributed by atoms with Crippen LogP contribution >= 0.6 is 0 Å². The van der Waals surface area contributed by atoms with Crippen LogP contribution in [0.1, 0.15) is 53.4 Å². The van der Waals surface area contributed by atoms with E-state index in [0.717, 1.165) is 55.1 Å². The second-order valence-electron chi connectivity index (χ2n) is 6.55. The zero-order chi connectivity index (χ0) is 16.4. The Hall–Kier alpha value is -1.88. The van der Waals surface area contributed by atoms with Gasteiger partial charge in [-0.05, 0) is 39.3 Å². The molecule has 1 unspecified atom stereocenters. The molecule has 5 nitrogen and oxygen atoms in total. The highest BCUT2D eigenvalue weighted by atomic mass is 16.1. The normalized spacial score (nSPS) is 19.2. The SMILES string of the molecule is CCc1nccn1C1CCCN(CC(=O)c2cc(C)[nH]c2C)C1. The fraction of sp³-hybridized carbons (Fsp3) is 0.556. The number of carbonyl (C=O) groups is 1. The Morgan fingerprint density at radius 3 is 2.96 bits per heavy atom. The molecule has 1 aliphatic heterocycles. The first-order chi connectivity index (χ1) is 11.1. The van der Waals surface area contributed by atoms with E-state index in [1.807, 2.05) is 26.1 Å². The molecule has 5 heteroatoms. The second-order valence-corrected chi connectivity index (χ2v) is 6.55. The Morgan fingerprint density at radius 2 is 2.26 bits per heavy atom. The van der Waals surface area contributed by atoms with Gasteiger partial charge in [0.15, 0.2) is 5.78 Å². The number of piperidine rings is 1. The molecule has 1 saturated heterocycles. The van der Waals surface area contributed by atoms with Gasteiger partial charge in [0.05, 0.1) is 6.54 Å². The Kier molecular flexibility index (Phi) is 4.66. The molecule has 0 bridgehead atoms. The van der Waals surface area contributed by atoms with Gasteiger partial charge in [-0.25, -0.2) is 4.98 Å². The standard InChI is InChI=1S/C18H26N4O/c1-4-18-19-7-9-22(18)15-6-5-8-21(11-15)12-17(23)16-10-13(2)20-14(16)3/h7,9-10,15,20H,4-6,8,11-12H2,1-3H3. The molecular weight excluding hydrogens is 288 g/mol. The number of hydrogen-bond donors (Lipinski definition) is 1. The summed E-state index contributed by atoms with van der Waals surface area (Å²) in [7, 11) is 0. The van der Waals surface area contributed by atoms with Gasteiger partial charge in [-0.1, -0.05) is 6.92 Å². The molecule has 124 valence electrons. The monoisotopic (exact) mass is 314 g/mol. The van der Waals surface area contributed by atoms with Crippen molar-refractivity contribution in [3.63, 3.8) is 0 Å². The van der Waals surface area contributed by atoms with E-state index in [1.165, 1.54) is 0 Å². The number of rotatable bonds is 5. The van der Waals surface area contributed by atoms with Gasteiger partial charge in [-0.15, -0.1) is 0 Å². The highest BCUT2D eigenvalue weighted by molar-refractivity contribution is 5.98. The summed E-state index contributed by atoms with van der Waals surface area (Å²) in [6.45, 7) is 8.54. The number of H-pyrrole nitrogens is 1. The van der Waals surface area contributed by atoms with Crippen LogP contribution in [0.25, 0.3) is 0 Å². The minimum atomic E-state index is 0.217. The van der Waals surface area contributed by atoms with Crippen LogP contribution in [0, 0.1) is 13.8 Å². The zero-order valence-corrected chi connectivity index (χ0v) is 14.3. The summed E-state index contributed by atoms with van der Waals surface area (Å²) in [5.41, 5.74) is 2.86. The van der Waals surface area contributed by atoms with Gasteiger partial charge in [0.2, 0.25) is 0 Å². The predicted molar refractivity (Wildman–Crippen MR) is 90.9 cm³/mol. The number of aromatic amines is 1. The number of carbonyl (C=O) groups excluding carboxylic acids is 1. The van der Waals surface area contributed by atoms with Gasteiger partial charge in [-0.3, -0.25) is 9.69 Å². The molecule has 23 heavy (non-hydrogen) atoms. The molecule has 2 aromatic rings. The Morgan fingerprint density at radius 1 is 1.43 bits per heavy atom. The molecule has 0 aromatic carbocycles. The third-order valence-electron chi connectivity index (χ3n) is 4.76. The average Bonchev–Trinajstić information content (AvgIpc) is 3.13. The molecule has 2 aromatic heterocycles. The van der Waals surface area contributed by atoms with Crippen LogP contribution in [0.4, 0.5) is 0 Å². The molecule has 0 aliphatic carbocycles. The van der Waals surface area contributed by atoms with Crippen molar-refractivity contribution < 1.29 is 4.79 Å². The van der Waals surface area contributed by atoms with Gasteiger partial charge < -0.3 is 9.55 Å². The number of ketones is 1. The molecule has 1 aliphatic rings. The van der Waals surface area contributed by atoms with Crippen LogP contribution in [0.3, 0.4) is 0 Å². The number of Topliss-reactive ketones (excluding diaryl/α,β-unsaturated/α-hetero) is 1. The molecule has 3 heterocycles. The minimum Gasteiger partial charge on any atom is -0.362 e. The summed E-state index contributed by atoms with van der Waals surface area (Å²) in [5.74, 6) is 1.36. The highest BCUT2D eigenvalue weighted by Crippen LogP contribution is 2.23. The summed E-state index contributed by atoms with van der Waals surface area (Å²) < 4.78 is 2.29. The molecule has 0 spiro atoms. The highest BCUT2D eigenvalue weighted by Gasteiger charge is 2.24. The molecule has 0 saturated carbocycles. The van der Waals surface area contributed by atoms with Gasteiger partial charge >= 0.3 is 0 Å². The van der Waals surface area contributed by atoms with Gasteiger partial charge in [0, 0.05) is 48.4 Å².